The van der Waals surface area contributed by atoms with Crippen molar-refractivity contribution in [2.24, 2.45) is 0 Å². The molecule has 1 aromatic heterocycles. The molecule has 0 saturated carbocycles. The molecule has 94 valence electrons. The first-order chi connectivity index (χ1) is 8.47. The molecule has 1 aromatic carbocycles. The van der Waals surface area contributed by atoms with Crippen LogP contribution in [0.15, 0.2) is 28.1 Å². The van der Waals surface area contributed by atoms with Crippen LogP contribution in [-0.2, 0) is 0 Å². The van der Waals surface area contributed by atoms with Crippen LogP contribution in [0.3, 0.4) is 0 Å². The van der Waals surface area contributed by atoms with Crippen LogP contribution < -0.4 is 0 Å². The second kappa shape index (κ2) is 5.66. The van der Waals surface area contributed by atoms with E-state index in [1.54, 1.807) is 12.1 Å². The third-order valence-electron chi connectivity index (χ3n) is 2.34. The third kappa shape index (κ3) is 3.09. The second-order valence-electron chi connectivity index (χ2n) is 3.67. The highest BCUT2D eigenvalue weighted by molar-refractivity contribution is 7.99. The summed E-state index contributed by atoms with van der Waals surface area (Å²) in [7, 11) is 0. The Morgan fingerprint density at radius 1 is 0.944 bits per heavy atom. The van der Waals surface area contributed by atoms with Crippen LogP contribution in [0.4, 0.5) is 0 Å². The number of aromatic nitrogens is 2. The van der Waals surface area contributed by atoms with Gasteiger partial charge in [-0.3, -0.25) is 0 Å². The number of hydrogen-bond donors (Lipinski definition) is 0. The summed E-state index contributed by atoms with van der Waals surface area (Å²) < 4.78 is 0. The van der Waals surface area contributed by atoms with Crippen molar-refractivity contribution in [3.8, 4) is 0 Å². The van der Waals surface area contributed by atoms with E-state index in [1.807, 2.05) is 19.9 Å². The van der Waals surface area contributed by atoms with E-state index >= 15 is 0 Å². The van der Waals surface area contributed by atoms with E-state index in [0.717, 1.165) is 16.3 Å². The van der Waals surface area contributed by atoms with E-state index in [2.05, 4.69) is 9.97 Å². The minimum Gasteiger partial charge on any atom is -0.241 e. The largest absolute Gasteiger partial charge is 0.241 e. The fraction of sp³-hybridized carbons (Fsp3) is 0.167. The fourth-order valence-corrected chi connectivity index (χ4v) is 2.77. The molecular weight excluding hydrogens is 311 g/mol. The highest BCUT2D eigenvalue weighted by atomic mass is 35.5. The maximum absolute atomic E-state index is 6.07. The fourth-order valence-electron chi connectivity index (χ4n) is 1.27. The SMILES string of the molecule is Cc1nc(Cl)c(Sc2ccc(Cl)c(Cl)c2)nc1C. The molecule has 1 heterocycles. The zero-order chi connectivity index (χ0) is 13.3. The minimum atomic E-state index is 0.397. The molecule has 18 heavy (non-hydrogen) atoms. The van der Waals surface area contributed by atoms with Gasteiger partial charge in [0.2, 0.25) is 0 Å². The van der Waals surface area contributed by atoms with Gasteiger partial charge in [-0.1, -0.05) is 46.6 Å². The zero-order valence-electron chi connectivity index (χ0n) is 9.67. The molecule has 2 aromatic rings. The molecule has 0 aliphatic carbocycles. The first-order valence-electron chi connectivity index (χ1n) is 5.11. The molecule has 0 saturated heterocycles. The van der Waals surface area contributed by atoms with Crippen LogP contribution >= 0.6 is 46.6 Å². The predicted molar refractivity (Wildman–Crippen MR) is 77.1 cm³/mol. The van der Waals surface area contributed by atoms with Crippen LogP contribution in [0.5, 0.6) is 0 Å². The molecule has 0 aliphatic rings. The summed E-state index contributed by atoms with van der Waals surface area (Å²) in [6.07, 6.45) is 0. The number of benzene rings is 1. The van der Waals surface area contributed by atoms with Crippen LogP contribution in [-0.4, -0.2) is 9.97 Å². The van der Waals surface area contributed by atoms with Gasteiger partial charge in [0.1, 0.15) is 5.03 Å². The van der Waals surface area contributed by atoms with E-state index in [4.69, 9.17) is 34.8 Å². The number of aryl methyl sites for hydroxylation is 2. The maximum Gasteiger partial charge on any atom is 0.161 e. The summed E-state index contributed by atoms with van der Waals surface area (Å²) in [6, 6.07) is 5.39. The van der Waals surface area contributed by atoms with Gasteiger partial charge in [0.05, 0.1) is 21.4 Å². The lowest BCUT2D eigenvalue weighted by Crippen LogP contribution is -1.95. The molecule has 0 aliphatic heterocycles. The second-order valence-corrected chi connectivity index (χ2v) is 5.90. The average molecular weight is 320 g/mol. The van der Waals surface area contributed by atoms with Gasteiger partial charge in [0.25, 0.3) is 0 Å². The Kier molecular flexibility index (Phi) is 4.38. The van der Waals surface area contributed by atoms with E-state index in [9.17, 15) is 0 Å². The molecule has 0 amide bonds. The first kappa shape index (κ1) is 13.9. The Bertz CT molecular complexity index is 602. The summed E-state index contributed by atoms with van der Waals surface area (Å²) in [5.74, 6) is 0. The van der Waals surface area contributed by atoms with Crippen LogP contribution in [0, 0.1) is 13.8 Å². The van der Waals surface area contributed by atoms with Gasteiger partial charge in [-0.25, -0.2) is 9.97 Å². The Hall–Kier alpha value is -0.480. The van der Waals surface area contributed by atoms with Crippen molar-refractivity contribution < 1.29 is 0 Å². The highest BCUT2D eigenvalue weighted by Gasteiger charge is 2.09. The Labute approximate surface area is 125 Å². The molecule has 0 fully saturated rings. The van der Waals surface area contributed by atoms with Gasteiger partial charge >= 0.3 is 0 Å². The molecule has 6 heteroatoms. The van der Waals surface area contributed by atoms with Gasteiger partial charge < -0.3 is 0 Å². The van der Waals surface area contributed by atoms with Gasteiger partial charge in [-0.15, -0.1) is 0 Å². The molecule has 0 atom stereocenters. The van der Waals surface area contributed by atoms with E-state index < -0.39 is 0 Å². The summed E-state index contributed by atoms with van der Waals surface area (Å²) in [5.41, 5.74) is 1.69. The summed E-state index contributed by atoms with van der Waals surface area (Å²) >= 11 is 19.3. The Morgan fingerprint density at radius 2 is 1.61 bits per heavy atom. The molecule has 2 nitrogen and oxygen atoms in total. The van der Waals surface area contributed by atoms with Crippen LogP contribution in [0.25, 0.3) is 0 Å². The van der Waals surface area contributed by atoms with Gasteiger partial charge in [0.15, 0.2) is 5.15 Å². The smallest absolute Gasteiger partial charge is 0.161 e. The van der Waals surface area contributed by atoms with Crippen LogP contribution in [0.1, 0.15) is 11.4 Å². The summed E-state index contributed by atoms with van der Waals surface area (Å²) in [5, 5.41) is 2.10. The summed E-state index contributed by atoms with van der Waals surface area (Å²) in [6.45, 7) is 3.78. The lowest BCUT2D eigenvalue weighted by Gasteiger charge is -2.06. The van der Waals surface area contributed by atoms with Crippen molar-refractivity contribution in [2.45, 2.75) is 23.8 Å². The summed E-state index contributed by atoms with van der Waals surface area (Å²) in [4.78, 5) is 9.56. The van der Waals surface area contributed by atoms with Crippen molar-refractivity contribution in [3.05, 3.63) is 44.8 Å². The van der Waals surface area contributed by atoms with Crippen LogP contribution in [0.2, 0.25) is 15.2 Å². The van der Waals surface area contributed by atoms with Crippen molar-refractivity contribution >= 4 is 46.6 Å². The van der Waals surface area contributed by atoms with Crippen molar-refractivity contribution in [1.29, 1.82) is 0 Å². The first-order valence-corrected chi connectivity index (χ1v) is 7.06. The van der Waals surface area contributed by atoms with E-state index in [1.165, 1.54) is 11.8 Å². The third-order valence-corrected chi connectivity index (χ3v) is 4.42. The lowest BCUT2D eigenvalue weighted by atomic mass is 10.4. The number of halogens is 3. The standard InChI is InChI=1S/C12H9Cl3N2S/c1-6-7(2)17-12(11(15)16-6)18-8-3-4-9(13)10(14)5-8/h3-5H,1-2H3. The quantitative estimate of drug-likeness (QED) is 0.760. The number of nitrogens with zero attached hydrogens (tertiary/aromatic N) is 2. The molecule has 0 bridgehead atoms. The predicted octanol–water partition coefficient (Wildman–Crippen LogP) is 5.20. The maximum atomic E-state index is 6.07. The normalized spacial score (nSPS) is 10.7. The molecule has 0 radical (unpaired) electrons. The molecule has 0 N–H and O–H groups in total. The highest BCUT2D eigenvalue weighted by Crippen LogP contribution is 2.34. The lowest BCUT2D eigenvalue weighted by molar-refractivity contribution is 0.957. The molecule has 2 rings (SSSR count). The van der Waals surface area contributed by atoms with Crippen molar-refractivity contribution in [1.82, 2.24) is 9.97 Å². The Morgan fingerprint density at radius 3 is 2.28 bits per heavy atom. The topological polar surface area (TPSA) is 25.8 Å². The Balaban J connectivity index is 2.34. The van der Waals surface area contributed by atoms with E-state index in [-0.39, 0.29) is 0 Å². The van der Waals surface area contributed by atoms with Gasteiger partial charge in [-0.2, -0.15) is 0 Å². The van der Waals surface area contributed by atoms with Crippen molar-refractivity contribution in [2.75, 3.05) is 0 Å². The minimum absolute atomic E-state index is 0.397. The van der Waals surface area contributed by atoms with Gasteiger partial charge in [-0.05, 0) is 32.0 Å². The average Bonchev–Trinajstić information content (AvgIpc) is 2.31. The van der Waals surface area contributed by atoms with E-state index in [0.29, 0.717) is 20.2 Å². The molecule has 0 spiro atoms. The zero-order valence-corrected chi connectivity index (χ0v) is 12.8. The molecule has 0 unspecified atom stereocenters. The number of hydrogen-bond acceptors (Lipinski definition) is 3. The number of rotatable bonds is 2. The monoisotopic (exact) mass is 318 g/mol. The van der Waals surface area contributed by atoms with Gasteiger partial charge in [0, 0.05) is 4.90 Å². The molecular formula is C12H9Cl3N2S. The van der Waals surface area contributed by atoms with Crippen molar-refractivity contribution in [3.63, 3.8) is 0 Å².